The van der Waals surface area contributed by atoms with E-state index < -0.39 is 0 Å². The van der Waals surface area contributed by atoms with Crippen molar-refractivity contribution in [2.24, 2.45) is 0 Å². The van der Waals surface area contributed by atoms with Crippen molar-refractivity contribution >= 4 is 5.91 Å². The monoisotopic (exact) mass is 395 g/mol. The van der Waals surface area contributed by atoms with Crippen LogP contribution in [0.25, 0.3) is 5.69 Å². The van der Waals surface area contributed by atoms with Gasteiger partial charge in [0.05, 0.1) is 11.4 Å². The Kier molecular flexibility index (Phi) is 6.65. The predicted molar refractivity (Wildman–Crippen MR) is 111 cm³/mol. The van der Waals surface area contributed by atoms with E-state index in [1.807, 2.05) is 51.1 Å². The van der Waals surface area contributed by atoms with Gasteiger partial charge in [-0.3, -0.25) is 4.79 Å². The van der Waals surface area contributed by atoms with Crippen LogP contribution < -0.4 is 10.1 Å². The maximum absolute atomic E-state index is 13.3. The molecule has 2 aromatic carbocycles. The summed E-state index contributed by atoms with van der Waals surface area (Å²) in [5, 5.41) is 7.65. The largest absolute Gasteiger partial charge is 0.439 e. The minimum absolute atomic E-state index is 0.0118. The number of rotatable bonds is 8. The summed E-state index contributed by atoms with van der Waals surface area (Å²) in [7, 11) is 0. The van der Waals surface area contributed by atoms with E-state index in [0.29, 0.717) is 30.9 Å². The first-order valence-electron chi connectivity index (χ1n) is 9.87. The molecule has 1 N–H and O–H groups in total. The number of hydrogen-bond donors (Lipinski definition) is 1. The van der Waals surface area contributed by atoms with Crippen LogP contribution in [-0.4, -0.2) is 21.7 Å². The third-order valence-corrected chi connectivity index (χ3v) is 4.44. The number of nitrogens with one attached hydrogen (secondary N) is 1. The van der Waals surface area contributed by atoms with E-state index in [9.17, 15) is 9.18 Å². The maximum Gasteiger partial charge on any atom is 0.226 e. The van der Waals surface area contributed by atoms with Crippen molar-refractivity contribution in [3.05, 3.63) is 71.7 Å². The van der Waals surface area contributed by atoms with Crippen molar-refractivity contribution in [1.82, 2.24) is 15.1 Å². The first-order valence-corrected chi connectivity index (χ1v) is 9.87. The van der Waals surface area contributed by atoms with Crippen LogP contribution in [0.3, 0.4) is 0 Å². The fourth-order valence-corrected chi connectivity index (χ4v) is 3.11. The van der Waals surface area contributed by atoms with Gasteiger partial charge in [-0.25, -0.2) is 9.07 Å². The van der Waals surface area contributed by atoms with Crippen molar-refractivity contribution < 1.29 is 13.9 Å². The Morgan fingerprint density at radius 3 is 2.45 bits per heavy atom. The number of carbonyl (C=O) groups is 1. The predicted octanol–water partition coefficient (Wildman–Crippen LogP) is 4.82. The summed E-state index contributed by atoms with van der Waals surface area (Å²) >= 11 is 0. The lowest BCUT2D eigenvalue weighted by Crippen LogP contribution is -2.30. The quantitative estimate of drug-likeness (QED) is 0.595. The Bertz CT molecular complexity index is 950. The average Bonchev–Trinajstić information content (AvgIpc) is 3.05. The summed E-state index contributed by atoms with van der Waals surface area (Å²) < 4.78 is 21.2. The van der Waals surface area contributed by atoms with Gasteiger partial charge >= 0.3 is 0 Å². The molecular weight excluding hydrogens is 369 g/mol. The summed E-state index contributed by atoms with van der Waals surface area (Å²) in [5.74, 6) is 0.729. The molecule has 1 heterocycles. The number of halogens is 1. The molecule has 29 heavy (non-hydrogen) atoms. The molecule has 0 radical (unpaired) electrons. The van der Waals surface area contributed by atoms with Crippen LogP contribution in [0.15, 0.2) is 54.6 Å². The van der Waals surface area contributed by atoms with Crippen molar-refractivity contribution in [2.45, 2.75) is 46.1 Å². The third kappa shape index (κ3) is 5.22. The molecule has 3 aromatic rings. The fraction of sp³-hybridized carbons (Fsp3) is 0.304. The van der Waals surface area contributed by atoms with Crippen LogP contribution in [-0.2, 0) is 17.6 Å². The second-order valence-corrected chi connectivity index (χ2v) is 7.11. The van der Waals surface area contributed by atoms with Crippen LogP contribution in [0.5, 0.6) is 11.6 Å². The molecule has 0 spiro atoms. The molecule has 152 valence electrons. The summed E-state index contributed by atoms with van der Waals surface area (Å²) in [6.45, 7) is 5.90. The highest BCUT2D eigenvalue weighted by molar-refractivity contribution is 5.76. The summed E-state index contributed by atoms with van der Waals surface area (Å²) in [6, 6.07) is 15.7. The minimum atomic E-state index is -0.325. The number of para-hydroxylation sites is 1. The standard InChI is InChI=1S/C23H26FN3O2/c1-4-21-20(14-15-22(28)25-16(2)3)23(29-19-12-10-17(24)11-13-19)27(26-21)18-8-6-5-7-9-18/h5-13,16H,4,14-15H2,1-3H3,(H,25,28). The Balaban J connectivity index is 1.99. The van der Waals surface area contributed by atoms with Crippen LogP contribution in [0.1, 0.15) is 38.4 Å². The molecule has 0 fully saturated rings. The Labute approximate surface area is 170 Å². The lowest BCUT2D eigenvalue weighted by atomic mass is 10.1. The van der Waals surface area contributed by atoms with Gasteiger partial charge in [-0.2, -0.15) is 5.10 Å². The van der Waals surface area contributed by atoms with Gasteiger partial charge in [0.2, 0.25) is 11.8 Å². The molecule has 3 rings (SSSR count). The van der Waals surface area contributed by atoms with Gasteiger partial charge in [-0.1, -0.05) is 25.1 Å². The number of benzene rings is 2. The zero-order valence-corrected chi connectivity index (χ0v) is 17.0. The number of hydrogen-bond acceptors (Lipinski definition) is 3. The van der Waals surface area contributed by atoms with Gasteiger partial charge in [-0.05, 0) is 63.1 Å². The molecule has 0 saturated carbocycles. The molecule has 1 amide bonds. The zero-order chi connectivity index (χ0) is 20.8. The lowest BCUT2D eigenvalue weighted by Gasteiger charge is -2.12. The maximum atomic E-state index is 13.3. The first kappa shape index (κ1) is 20.6. The third-order valence-electron chi connectivity index (χ3n) is 4.44. The van der Waals surface area contributed by atoms with Crippen LogP contribution in [0, 0.1) is 5.82 Å². The number of aromatic nitrogens is 2. The van der Waals surface area contributed by atoms with Gasteiger partial charge in [0.15, 0.2) is 0 Å². The number of amides is 1. The Morgan fingerprint density at radius 1 is 1.14 bits per heavy atom. The van der Waals surface area contributed by atoms with E-state index >= 15 is 0 Å². The second-order valence-electron chi connectivity index (χ2n) is 7.11. The summed E-state index contributed by atoms with van der Waals surface area (Å²) in [5.41, 5.74) is 2.63. The van der Waals surface area contributed by atoms with E-state index in [1.165, 1.54) is 12.1 Å². The number of carbonyl (C=O) groups excluding carboxylic acids is 1. The van der Waals surface area contributed by atoms with Crippen molar-refractivity contribution in [3.63, 3.8) is 0 Å². The molecule has 0 saturated heterocycles. The van der Waals surface area contributed by atoms with E-state index in [-0.39, 0.29) is 17.8 Å². The molecule has 1 aromatic heterocycles. The summed E-state index contributed by atoms with van der Waals surface area (Å²) in [6.07, 6.45) is 1.55. The van der Waals surface area contributed by atoms with E-state index in [1.54, 1.807) is 16.8 Å². The number of ether oxygens (including phenoxy) is 1. The Hall–Kier alpha value is -3.15. The SMILES string of the molecule is CCc1nn(-c2ccccc2)c(Oc2ccc(F)cc2)c1CCC(=O)NC(C)C. The van der Waals surface area contributed by atoms with Gasteiger partial charge in [-0.15, -0.1) is 0 Å². The second kappa shape index (κ2) is 9.37. The lowest BCUT2D eigenvalue weighted by molar-refractivity contribution is -0.121. The van der Waals surface area contributed by atoms with Gasteiger partial charge < -0.3 is 10.1 Å². The van der Waals surface area contributed by atoms with Gasteiger partial charge in [0.25, 0.3) is 0 Å². The average molecular weight is 395 g/mol. The zero-order valence-electron chi connectivity index (χ0n) is 17.0. The van der Waals surface area contributed by atoms with Gasteiger partial charge in [0, 0.05) is 18.0 Å². The van der Waals surface area contributed by atoms with Crippen LogP contribution in [0.2, 0.25) is 0 Å². The van der Waals surface area contributed by atoms with E-state index in [2.05, 4.69) is 5.32 Å². The topological polar surface area (TPSA) is 56.2 Å². The highest BCUT2D eigenvalue weighted by Crippen LogP contribution is 2.32. The minimum Gasteiger partial charge on any atom is -0.439 e. The van der Waals surface area contributed by atoms with Crippen LogP contribution in [0.4, 0.5) is 4.39 Å². The normalized spacial score (nSPS) is 10.9. The smallest absolute Gasteiger partial charge is 0.226 e. The highest BCUT2D eigenvalue weighted by Gasteiger charge is 2.21. The molecule has 6 heteroatoms. The molecule has 0 aliphatic carbocycles. The molecule has 0 aliphatic heterocycles. The molecule has 0 bridgehead atoms. The van der Waals surface area contributed by atoms with Crippen molar-refractivity contribution in [1.29, 1.82) is 0 Å². The molecule has 0 unspecified atom stereocenters. The number of nitrogens with zero attached hydrogens (tertiary/aromatic N) is 2. The molecule has 0 atom stereocenters. The Morgan fingerprint density at radius 2 is 1.83 bits per heavy atom. The molecular formula is C23H26FN3O2. The van der Waals surface area contributed by atoms with Gasteiger partial charge in [0.1, 0.15) is 11.6 Å². The van der Waals surface area contributed by atoms with Crippen molar-refractivity contribution in [3.8, 4) is 17.3 Å². The molecule has 5 nitrogen and oxygen atoms in total. The van der Waals surface area contributed by atoms with Crippen molar-refractivity contribution in [2.75, 3.05) is 0 Å². The first-order chi connectivity index (χ1) is 14.0. The number of aryl methyl sites for hydroxylation is 1. The van der Waals surface area contributed by atoms with E-state index in [0.717, 1.165) is 16.9 Å². The fourth-order valence-electron chi connectivity index (χ4n) is 3.11. The van der Waals surface area contributed by atoms with Crippen LogP contribution >= 0.6 is 0 Å². The highest BCUT2D eigenvalue weighted by atomic mass is 19.1. The summed E-state index contributed by atoms with van der Waals surface area (Å²) in [4.78, 5) is 12.2. The van der Waals surface area contributed by atoms with E-state index in [4.69, 9.17) is 9.84 Å². The molecule has 0 aliphatic rings.